The predicted octanol–water partition coefficient (Wildman–Crippen LogP) is -3.96. The van der Waals surface area contributed by atoms with E-state index < -0.39 is 24.0 Å². The van der Waals surface area contributed by atoms with Gasteiger partial charge in [0.2, 0.25) is 0 Å². The maximum Gasteiger partial charge on any atom is 1.00 e. The SMILES string of the molecule is CC(=O)O.CC(=O)O.CC(=O)O.CC(O)C(N)CN.[H-].[Na+]. The van der Waals surface area contributed by atoms with Crippen molar-refractivity contribution in [2.75, 3.05) is 6.54 Å². The Hall–Kier alpha value is -0.710. The van der Waals surface area contributed by atoms with Crippen molar-refractivity contribution in [3.05, 3.63) is 0 Å². The molecule has 0 aliphatic rings. The van der Waals surface area contributed by atoms with Gasteiger partial charge in [0.25, 0.3) is 17.9 Å². The Morgan fingerprint density at radius 2 is 1.15 bits per heavy atom. The van der Waals surface area contributed by atoms with Gasteiger partial charge in [0.1, 0.15) is 0 Å². The van der Waals surface area contributed by atoms with E-state index in [4.69, 9.17) is 46.3 Å². The van der Waals surface area contributed by atoms with Gasteiger partial charge in [0, 0.05) is 33.4 Å². The van der Waals surface area contributed by atoms with Gasteiger partial charge in [-0.15, -0.1) is 0 Å². The molecule has 0 heterocycles. The number of carbonyl (C=O) groups is 3. The van der Waals surface area contributed by atoms with Crippen molar-refractivity contribution in [3.8, 4) is 0 Å². The maximum atomic E-state index is 9.00. The molecule has 2 atom stereocenters. The normalized spacial score (nSPS) is 10.3. The van der Waals surface area contributed by atoms with Crippen LogP contribution < -0.4 is 41.0 Å². The Morgan fingerprint density at radius 1 is 1.00 bits per heavy atom. The van der Waals surface area contributed by atoms with E-state index in [1.165, 1.54) is 0 Å². The summed E-state index contributed by atoms with van der Waals surface area (Å²) in [4.78, 5) is 27.0. The molecule has 20 heavy (non-hydrogen) atoms. The minimum atomic E-state index is -0.833. The first-order valence-electron chi connectivity index (χ1n) is 5.10. The zero-order valence-corrected chi connectivity index (χ0v) is 14.5. The molecule has 0 aromatic carbocycles. The number of aliphatic hydroxyl groups is 1. The Morgan fingerprint density at radius 3 is 1.15 bits per heavy atom. The summed E-state index contributed by atoms with van der Waals surface area (Å²) in [6, 6.07) is -0.264. The Bertz CT molecular complexity index is 215. The third-order valence-corrected chi connectivity index (χ3v) is 0.892. The van der Waals surface area contributed by atoms with Crippen LogP contribution in [0, 0.1) is 0 Å². The average Bonchev–Trinajstić information content (AvgIpc) is 2.13. The molecule has 0 radical (unpaired) electrons. The summed E-state index contributed by atoms with van der Waals surface area (Å²) in [5.41, 5.74) is 10.3. The Balaban J connectivity index is -0.0000000359. The van der Waals surface area contributed by atoms with Gasteiger partial charge in [-0.2, -0.15) is 0 Å². The van der Waals surface area contributed by atoms with E-state index >= 15 is 0 Å². The minimum Gasteiger partial charge on any atom is -1.00 e. The van der Waals surface area contributed by atoms with Crippen LogP contribution in [-0.2, 0) is 14.4 Å². The van der Waals surface area contributed by atoms with Crippen LogP contribution in [0.25, 0.3) is 0 Å². The number of aliphatic hydroxyl groups excluding tert-OH is 1. The monoisotopic (exact) mass is 308 g/mol. The van der Waals surface area contributed by atoms with Crippen LogP contribution in [-0.4, -0.2) is 57.0 Å². The minimum absolute atomic E-state index is 0. The molecule has 0 fully saturated rings. The quantitative estimate of drug-likeness (QED) is 0.277. The maximum absolute atomic E-state index is 9.00. The fourth-order valence-corrected chi connectivity index (χ4v) is 0.197. The summed E-state index contributed by atoms with van der Waals surface area (Å²) < 4.78 is 0. The first-order valence-corrected chi connectivity index (χ1v) is 5.10. The zero-order valence-electron chi connectivity index (χ0n) is 13.5. The molecule has 2 unspecified atom stereocenters. The van der Waals surface area contributed by atoms with Crippen molar-refractivity contribution >= 4 is 17.9 Å². The van der Waals surface area contributed by atoms with Crippen LogP contribution in [0.15, 0.2) is 0 Å². The van der Waals surface area contributed by atoms with E-state index in [9.17, 15) is 0 Å². The molecular weight excluding hydrogens is 283 g/mol. The molecule has 118 valence electrons. The zero-order chi connectivity index (χ0) is 16.6. The number of hydrogen-bond donors (Lipinski definition) is 6. The number of carboxylic acids is 3. The second-order valence-electron chi connectivity index (χ2n) is 3.20. The smallest absolute Gasteiger partial charge is 1.00 e. The fraction of sp³-hybridized carbons (Fsp3) is 0.700. The van der Waals surface area contributed by atoms with Crippen LogP contribution in [0.3, 0.4) is 0 Å². The van der Waals surface area contributed by atoms with E-state index in [0.29, 0.717) is 6.54 Å². The summed E-state index contributed by atoms with van der Waals surface area (Å²) in [6.45, 7) is 5.22. The molecule has 9 nitrogen and oxygen atoms in total. The summed E-state index contributed by atoms with van der Waals surface area (Å²) in [6.07, 6.45) is -0.481. The second kappa shape index (κ2) is 23.4. The van der Waals surface area contributed by atoms with Gasteiger partial charge in [0.15, 0.2) is 0 Å². The average molecular weight is 308 g/mol. The van der Waals surface area contributed by atoms with Gasteiger partial charge in [-0.05, 0) is 6.92 Å². The predicted molar refractivity (Wildman–Crippen MR) is 69.8 cm³/mol. The van der Waals surface area contributed by atoms with E-state index in [1.54, 1.807) is 6.92 Å². The number of rotatable bonds is 2. The molecule has 0 aliphatic heterocycles. The first kappa shape index (κ1) is 31.6. The summed E-state index contributed by atoms with van der Waals surface area (Å²) in [5, 5.41) is 30.9. The Kier molecular flexibility index (Phi) is 37.0. The first-order chi connectivity index (χ1) is 8.38. The molecule has 0 aromatic heterocycles. The van der Waals surface area contributed by atoms with Crippen molar-refractivity contribution in [2.24, 2.45) is 11.5 Å². The number of hydrogen-bond acceptors (Lipinski definition) is 6. The molecule has 0 amide bonds. The molecule has 0 spiro atoms. The van der Waals surface area contributed by atoms with Crippen molar-refractivity contribution in [3.63, 3.8) is 0 Å². The van der Waals surface area contributed by atoms with E-state index in [0.717, 1.165) is 20.8 Å². The number of aliphatic carboxylic acids is 3. The van der Waals surface area contributed by atoms with Gasteiger partial charge >= 0.3 is 29.6 Å². The summed E-state index contributed by atoms with van der Waals surface area (Å²) >= 11 is 0. The largest absolute Gasteiger partial charge is 1.00 e. The molecule has 0 rings (SSSR count). The van der Waals surface area contributed by atoms with Crippen LogP contribution in [0.4, 0.5) is 0 Å². The van der Waals surface area contributed by atoms with Crippen LogP contribution >= 0.6 is 0 Å². The van der Waals surface area contributed by atoms with Crippen molar-refractivity contribution < 1.29 is 65.8 Å². The van der Waals surface area contributed by atoms with Gasteiger partial charge in [-0.3, -0.25) is 14.4 Å². The van der Waals surface area contributed by atoms with E-state index in [2.05, 4.69) is 0 Å². The van der Waals surface area contributed by atoms with Gasteiger partial charge in [-0.1, -0.05) is 0 Å². The van der Waals surface area contributed by atoms with E-state index in [1.807, 2.05) is 0 Å². The summed E-state index contributed by atoms with van der Waals surface area (Å²) in [7, 11) is 0. The molecule has 0 saturated carbocycles. The molecule has 0 bridgehead atoms. The fourth-order valence-electron chi connectivity index (χ4n) is 0.197. The third kappa shape index (κ3) is 164. The van der Waals surface area contributed by atoms with Gasteiger partial charge < -0.3 is 33.3 Å². The standard InChI is InChI=1S/C4H12N2O.3C2H4O2.Na.H/c1-3(7)4(6)2-5;3*1-2(3)4;;/h3-4,7H,2,5-6H2,1H3;3*1H3,(H,3,4);;/q;;;;+1;-1. The van der Waals surface area contributed by atoms with Gasteiger partial charge in [0.05, 0.1) is 6.10 Å². The Labute approximate surface area is 141 Å². The molecule has 0 aromatic rings. The molecule has 0 aliphatic carbocycles. The van der Waals surface area contributed by atoms with Crippen molar-refractivity contribution in [2.45, 2.75) is 39.8 Å². The topological polar surface area (TPSA) is 184 Å². The molecule has 10 heteroatoms. The van der Waals surface area contributed by atoms with Crippen LogP contribution in [0.1, 0.15) is 29.1 Å². The van der Waals surface area contributed by atoms with Crippen molar-refractivity contribution in [1.82, 2.24) is 0 Å². The molecule has 0 saturated heterocycles. The van der Waals surface area contributed by atoms with Gasteiger partial charge in [-0.25, -0.2) is 0 Å². The molecular formula is C10H25N2NaO7. The number of carboxylic acid groups (broad SMARTS) is 3. The van der Waals surface area contributed by atoms with Crippen LogP contribution in [0.5, 0.6) is 0 Å². The van der Waals surface area contributed by atoms with E-state index in [-0.39, 0.29) is 37.0 Å². The number of nitrogens with two attached hydrogens (primary N) is 2. The van der Waals surface area contributed by atoms with Crippen molar-refractivity contribution in [1.29, 1.82) is 0 Å². The third-order valence-electron chi connectivity index (χ3n) is 0.892. The second-order valence-corrected chi connectivity index (χ2v) is 3.20. The summed E-state index contributed by atoms with van der Waals surface area (Å²) in [5.74, 6) is -2.50. The van der Waals surface area contributed by atoms with Crippen LogP contribution in [0.2, 0.25) is 0 Å². The molecule has 8 N–H and O–H groups in total.